The fraction of sp³-hybridized carbons (Fsp3) is 0.737. The van der Waals surface area contributed by atoms with Gasteiger partial charge in [-0.3, -0.25) is 19.3 Å². The molecule has 1 aliphatic heterocycles. The molecule has 3 rings (SSSR count). The lowest BCUT2D eigenvalue weighted by atomic mass is 9.81. The lowest BCUT2D eigenvalue weighted by Crippen LogP contribution is -2.53. The summed E-state index contributed by atoms with van der Waals surface area (Å²) in [5.74, 6) is -2.27. The van der Waals surface area contributed by atoms with Crippen LogP contribution in [0.2, 0.25) is 0 Å². The van der Waals surface area contributed by atoms with Gasteiger partial charge in [-0.1, -0.05) is 38.5 Å². The number of hydrogen-bond acceptors (Lipinski definition) is 5. The first-order valence-corrected chi connectivity index (χ1v) is 9.78. The highest BCUT2D eigenvalue weighted by Crippen LogP contribution is 2.33. The number of nitriles is 1. The molecule has 2 saturated carbocycles. The number of rotatable bonds is 4. The van der Waals surface area contributed by atoms with Gasteiger partial charge in [-0.25, -0.2) is 9.69 Å². The second-order valence-electron chi connectivity index (χ2n) is 7.80. The van der Waals surface area contributed by atoms with Gasteiger partial charge in [0.25, 0.3) is 0 Å². The molecule has 3 aliphatic rings. The lowest BCUT2D eigenvalue weighted by molar-refractivity contribution is -0.146. The maximum atomic E-state index is 12.7. The minimum absolute atomic E-state index is 0.260. The number of hydrogen-bond donors (Lipinski definition) is 0. The molecule has 8 heteroatoms. The average molecular weight is 374 g/mol. The summed E-state index contributed by atoms with van der Waals surface area (Å²) in [5.41, 5.74) is -0.895. The van der Waals surface area contributed by atoms with Crippen LogP contribution in [-0.2, 0) is 14.4 Å². The highest BCUT2D eigenvalue weighted by atomic mass is 16.2. The van der Waals surface area contributed by atoms with Crippen molar-refractivity contribution in [1.82, 2.24) is 14.7 Å². The number of carbonyl (C=O) groups excluding carboxylic acids is 4. The van der Waals surface area contributed by atoms with E-state index in [1.807, 2.05) is 0 Å². The van der Waals surface area contributed by atoms with E-state index < -0.39 is 35.8 Å². The Morgan fingerprint density at radius 2 is 1.67 bits per heavy atom. The van der Waals surface area contributed by atoms with Crippen molar-refractivity contribution in [2.24, 2.45) is 0 Å². The van der Waals surface area contributed by atoms with E-state index in [-0.39, 0.29) is 6.04 Å². The van der Waals surface area contributed by atoms with Gasteiger partial charge in [0.15, 0.2) is 0 Å². The SMILES string of the molecule is CN(C(=O)CN1C(=O)C(=O)N(C2CCCCC2)C1=O)C1(C#N)CCCCC1. The Morgan fingerprint density at radius 1 is 1.07 bits per heavy atom. The van der Waals surface area contributed by atoms with Crippen molar-refractivity contribution in [3.8, 4) is 6.07 Å². The lowest BCUT2D eigenvalue weighted by Gasteiger charge is -2.39. The van der Waals surface area contributed by atoms with Gasteiger partial charge in [-0.2, -0.15) is 5.26 Å². The summed E-state index contributed by atoms with van der Waals surface area (Å²) in [6.45, 7) is -0.493. The van der Waals surface area contributed by atoms with Crippen LogP contribution in [0.15, 0.2) is 0 Å². The zero-order valence-corrected chi connectivity index (χ0v) is 15.8. The van der Waals surface area contributed by atoms with E-state index in [0.29, 0.717) is 25.7 Å². The maximum absolute atomic E-state index is 12.7. The third kappa shape index (κ3) is 3.43. The van der Waals surface area contributed by atoms with Crippen LogP contribution in [-0.4, -0.2) is 63.6 Å². The largest absolute Gasteiger partial charge is 0.334 e. The molecule has 0 unspecified atom stereocenters. The first kappa shape index (κ1) is 19.3. The quantitative estimate of drug-likeness (QED) is 0.551. The Hall–Kier alpha value is -2.43. The van der Waals surface area contributed by atoms with Crippen molar-refractivity contribution < 1.29 is 19.2 Å². The molecule has 0 bridgehead atoms. The van der Waals surface area contributed by atoms with Crippen LogP contribution >= 0.6 is 0 Å². The highest BCUT2D eigenvalue weighted by molar-refractivity contribution is 6.45. The summed E-state index contributed by atoms with van der Waals surface area (Å²) < 4.78 is 0. The summed E-state index contributed by atoms with van der Waals surface area (Å²) in [5, 5.41) is 9.63. The first-order valence-electron chi connectivity index (χ1n) is 9.78. The number of urea groups is 1. The normalized spacial score (nSPS) is 23.5. The first-order chi connectivity index (χ1) is 12.9. The number of imide groups is 2. The Kier molecular flexibility index (Phi) is 5.49. The Labute approximate surface area is 159 Å². The van der Waals surface area contributed by atoms with E-state index in [4.69, 9.17) is 0 Å². The molecular weight excluding hydrogens is 348 g/mol. The zero-order chi connectivity index (χ0) is 19.6. The minimum atomic E-state index is -0.943. The van der Waals surface area contributed by atoms with Crippen molar-refractivity contribution in [3.05, 3.63) is 0 Å². The molecule has 27 heavy (non-hydrogen) atoms. The molecular formula is C19H26N4O4. The van der Waals surface area contributed by atoms with E-state index >= 15 is 0 Å². The van der Waals surface area contributed by atoms with Crippen LogP contribution in [0.4, 0.5) is 4.79 Å². The molecule has 0 aromatic rings. The zero-order valence-electron chi connectivity index (χ0n) is 15.8. The van der Waals surface area contributed by atoms with Gasteiger partial charge in [0, 0.05) is 13.1 Å². The van der Waals surface area contributed by atoms with Gasteiger partial charge in [0.2, 0.25) is 5.91 Å². The van der Waals surface area contributed by atoms with E-state index in [2.05, 4.69) is 6.07 Å². The van der Waals surface area contributed by atoms with Crippen LogP contribution < -0.4 is 0 Å². The van der Waals surface area contributed by atoms with Gasteiger partial charge < -0.3 is 4.90 Å². The molecule has 1 heterocycles. The van der Waals surface area contributed by atoms with E-state index in [1.54, 1.807) is 7.05 Å². The molecule has 0 N–H and O–H groups in total. The summed E-state index contributed by atoms with van der Waals surface area (Å²) in [4.78, 5) is 53.2. The molecule has 0 radical (unpaired) electrons. The van der Waals surface area contributed by atoms with E-state index in [0.717, 1.165) is 48.3 Å². The van der Waals surface area contributed by atoms with Crippen molar-refractivity contribution in [2.45, 2.75) is 75.8 Å². The standard InChI is InChI=1S/C19H26N4O4/c1-21(19(13-20)10-6-3-7-11-19)15(24)12-22-16(25)17(26)23(18(22)27)14-8-4-2-5-9-14/h14H,2-12H2,1H3. The number of carbonyl (C=O) groups is 4. The topological polar surface area (TPSA) is 102 Å². The van der Waals surface area contributed by atoms with Gasteiger partial charge in [-0.05, 0) is 25.7 Å². The minimum Gasteiger partial charge on any atom is -0.325 e. The molecule has 3 fully saturated rings. The number of amides is 5. The summed E-state index contributed by atoms with van der Waals surface area (Å²) in [6.07, 6.45) is 8.21. The van der Waals surface area contributed by atoms with Crippen LogP contribution in [0.1, 0.15) is 64.2 Å². The number of nitrogens with zero attached hydrogens (tertiary/aromatic N) is 4. The molecule has 0 aromatic heterocycles. The van der Waals surface area contributed by atoms with Crippen molar-refractivity contribution in [3.63, 3.8) is 0 Å². The summed E-state index contributed by atoms with van der Waals surface area (Å²) in [7, 11) is 1.54. The monoisotopic (exact) mass is 374 g/mol. The third-order valence-electron chi connectivity index (χ3n) is 6.22. The maximum Gasteiger partial charge on any atom is 0.334 e. The molecule has 0 aromatic carbocycles. The fourth-order valence-corrected chi connectivity index (χ4v) is 4.46. The second-order valence-corrected chi connectivity index (χ2v) is 7.80. The molecule has 146 valence electrons. The Balaban J connectivity index is 1.71. The third-order valence-corrected chi connectivity index (χ3v) is 6.22. The van der Waals surface area contributed by atoms with Gasteiger partial charge in [-0.15, -0.1) is 0 Å². The molecule has 0 atom stereocenters. The predicted octanol–water partition coefficient (Wildman–Crippen LogP) is 1.79. The summed E-state index contributed by atoms with van der Waals surface area (Å²) in [6, 6.07) is 1.29. The average Bonchev–Trinajstić information content (AvgIpc) is 2.91. The molecule has 5 amide bonds. The van der Waals surface area contributed by atoms with Gasteiger partial charge in [0.05, 0.1) is 6.07 Å². The van der Waals surface area contributed by atoms with Crippen LogP contribution in [0, 0.1) is 11.3 Å². The van der Waals surface area contributed by atoms with Crippen LogP contribution in [0.3, 0.4) is 0 Å². The van der Waals surface area contributed by atoms with Gasteiger partial charge in [0.1, 0.15) is 12.1 Å². The Morgan fingerprint density at radius 3 is 2.26 bits per heavy atom. The molecule has 8 nitrogen and oxygen atoms in total. The van der Waals surface area contributed by atoms with Gasteiger partial charge >= 0.3 is 17.8 Å². The summed E-state index contributed by atoms with van der Waals surface area (Å²) >= 11 is 0. The highest BCUT2D eigenvalue weighted by Gasteiger charge is 2.49. The fourth-order valence-electron chi connectivity index (χ4n) is 4.46. The molecule has 0 spiro atoms. The molecule has 1 saturated heterocycles. The van der Waals surface area contributed by atoms with Crippen molar-refractivity contribution in [1.29, 1.82) is 5.26 Å². The van der Waals surface area contributed by atoms with Crippen LogP contribution in [0.25, 0.3) is 0 Å². The van der Waals surface area contributed by atoms with Crippen molar-refractivity contribution in [2.75, 3.05) is 13.6 Å². The van der Waals surface area contributed by atoms with Crippen LogP contribution in [0.5, 0.6) is 0 Å². The van der Waals surface area contributed by atoms with Crippen molar-refractivity contribution >= 4 is 23.8 Å². The Bertz CT molecular complexity index is 686. The second kappa shape index (κ2) is 7.67. The number of likely N-dealkylation sites (N-methyl/N-ethyl adjacent to an activating group) is 1. The van der Waals surface area contributed by atoms with E-state index in [1.165, 1.54) is 4.90 Å². The smallest absolute Gasteiger partial charge is 0.325 e. The van der Waals surface area contributed by atoms with E-state index in [9.17, 15) is 24.4 Å². The predicted molar refractivity (Wildman–Crippen MR) is 95.0 cm³/mol. The molecule has 2 aliphatic carbocycles.